The quantitative estimate of drug-likeness (QED) is 0.563. The minimum Gasteiger partial charge on any atom is -0.497 e. The molecule has 0 saturated carbocycles. The molecule has 1 rings (SSSR count). The standard InChI is InChI=1S/C16H20O2/c1-6-13(7-12(2)3)8-14-9-15(17-4)11-16(10-14)18-5/h1,9-11,13H,2,7-8H2,3-5H3. The van der Waals surface area contributed by atoms with Crippen molar-refractivity contribution in [1.29, 1.82) is 0 Å². The lowest BCUT2D eigenvalue weighted by molar-refractivity contribution is 0.393. The third kappa shape index (κ3) is 4.18. The number of hydrogen-bond donors (Lipinski definition) is 0. The fourth-order valence-electron chi connectivity index (χ4n) is 1.88. The Hall–Kier alpha value is -1.88. The topological polar surface area (TPSA) is 18.5 Å². The third-order valence-electron chi connectivity index (χ3n) is 2.72. The van der Waals surface area contributed by atoms with Gasteiger partial charge < -0.3 is 9.47 Å². The summed E-state index contributed by atoms with van der Waals surface area (Å²) in [5.74, 6) is 4.56. The van der Waals surface area contributed by atoms with Gasteiger partial charge in [0.05, 0.1) is 14.2 Å². The van der Waals surface area contributed by atoms with Crippen molar-refractivity contribution in [3.8, 4) is 23.8 Å². The summed E-state index contributed by atoms with van der Waals surface area (Å²) in [5, 5.41) is 0. The first-order valence-corrected chi connectivity index (χ1v) is 5.91. The highest BCUT2D eigenvalue weighted by molar-refractivity contribution is 5.39. The normalized spacial score (nSPS) is 11.4. The Morgan fingerprint density at radius 3 is 2.22 bits per heavy atom. The molecule has 0 amide bonds. The first kappa shape index (κ1) is 14.2. The average molecular weight is 244 g/mol. The summed E-state index contributed by atoms with van der Waals surface area (Å²) in [4.78, 5) is 0. The smallest absolute Gasteiger partial charge is 0.122 e. The molecule has 0 heterocycles. The fraction of sp³-hybridized carbons (Fsp3) is 0.375. The van der Waals surface area contributed by atoms with Crippen LogP contribution in [0.15, 0.2) is 30.4 Å². The van der Waals surface area contributed by atoms with E-state index < -0.39 is 0 Å². The lowest BCUT2D eigenvalue weighted by Crippen LogP contribution is -2.03. The minimum atomic E-state index is 0.166. The van der Waals surface area contributed by atoms with Crippen LogP contribution in [0, 0.1) is 18.3 Å². The summed E-state index contributed by atoms with van der Waals surface area (Å²) in [7, 11) is 3.29. The molecule has 0 radical (unpaired) electrons. The molecule has 1 aromatic carbocycles. The van der Waals surface area contributed by atoms with E-state index in [1.54, 1.807) is 14.2 Å². The first-order valence-electron chi connectivity index (χ1n) is 5.91. The van der Waals surface area contributed by atoms with Gasteiger partial charge in [0.15, 0.2) is 0 Å². The highest BCUT2D eigenvalue weighted by Crippen LogP contribution is 2.25. The molecule has 18 heavy (non-hydrogen) atoms. The predicted octanol–water partition coefficient (Wildman–Crippen LogP) is 3.46. The molecule has 0 N–H and O–H groups in total. The molecular weight excluding hydrogens is 224 g/mol. The van der Waals surface area contributed by atoms with Crippen LogP contribution >= 0.6 is 0 Å². The lowest BCUT2D eigenvalue weighted by Gasteiger charge is -2.13. The fourth-order valence-corrected chi connectivity index (χ4v) is 1.88. The van der Waals surface area contributed by atoms with Crippen molar-refractivity contribution in [3.05, 3.63) is 35.9 Å². The molecule has 0 aliphatic rings. The van der Waals surface area contributed by atoms with E-state index in [1.165, 1.54) is 0 Å². The molecule has 96 valence electrons. The van der Waals surface area contributed by atoms with Gasteiger partial charge in [0.1, 0.15) is 11.5 Å². The van der Waals surface area contributed by atoms with E-state index >= 15 is 0 Å². The second kappa shape index (κ2) is 6.76. The second-order valence-electron chi connectivity index (χ2n) is 4.45. The van der Waals surface area contributed by atoms with E-state index in [-0.39, 0.29) is 5.92 Å². The zero-order valence-corrected chi connectivity index (χ0v) is 11.3. The summed E-state index contributed by atoms with van der Waals surface area (Å²) in [6.07, 6.45) is 7.20. The van der Waals surface area contributed by atoms with E-state index in [0.29, 0.717) is 0 Å². The van der Waals surface area contributed by atoms with Gasteiger partial charge in [-0.05, 0) is 37.5 Å². The first-order chi connectivity index (χ1) is 8.58. The number of hydrogen-bond acceptors (Lipinski definition) is 2. The van der Waals surface area contributed by atoms with Gasteiger partial charge in [0, 0.05) is 12.0 Å². The monoisotopic (exact) mass is 244 g/mol. The Kier molecular flexibility index (Phi) is 5.32. The van der Waals surface area contributed by atoms with Crippen LogP contribution < -0.4 is 9.47 Å². The van der Waals surface area contributed by atoms with Crippen molar-refractivity contribution < 1.29 is 9.47 Å². The third-order valence-corrected chi connectivity index (χ3v) is 2.72. The molecule has 1 unspecified atom stereocenters. The Morgan fingerprint density at radius 1 is 1.28 bits per heavy atom. The maximum absolute atomic E-state index is 5.56. The van der Waals surface area contributed by atoms with Gasteiger partial charge in [-0.25, -0.2) is 0 Å². The molecule has 1 atom stereocenters. The molecule has 0 bridgehead atoms. The maximum Gasteiger partial charge on any atom is 0.122 e. The van der Waals surface area contributed by atoms with Crippen molar-refractivity contribution in [2.24, 2.45) is 5.92 Å². The van der Waals surface area contributed by atoms with Crippen LogP contribution in [-0.2, 0) is 6.42 Å². The van der Waals surface area contributed by atoms with Crippen LogP contribution in [-0.4, -0.2) is 14.2 Å². The highest BCUT2D eigenvalue weighted by Gasteiger charge is 2.09. The Labute approximate surface area is 110 Å². The second-order valence-corrected chi connectivity index (χ2v) is 4.45. The summed E-state index contributed by atoms with van der Waals surface area (Å²) >= 11 is 0. The molecule has 0 fully saturated rings. The maximum atomic E-state index is 5.56. The van der Waals surface area contributed by atoms with Gasteiger partial charge >= 0.3 is 0 Å². The largest absolute Gasteiger partial charge is 0.497 e. The van der Waals surface area contributed by atoms with E-state index in [9.17, 15) is 0 Å². The number of ether oxygens (including phenoxy) is 2. The highest BCUT2D eigenvalue weighted by atomic mass is 16.5. The van der Waals surface area contributed by atoms with Crippen LogP contribution in [0.5, 0.6) is 11.5 Å². The van der Waals surface area contributed by atoms with Gasteiger partial charge in [0.2, 0.25) is 0 Å². The number of rotatable bonds is 6. The SMILES string of the molecule is C#CC(CC(=C)C)Cc1cc(OC)cc(OC)c1. The number of benzene rings is 1. The van der Waals surface area contributed by atoms with E-state index in [4.69, 9.17) is 15.9 Å². The summed E-state index contributed by atoms with van der Waals surface area (Å²) < 4.78 is 10.5. The van der Waals surface area contributed by atoms with Gasteiger partial charge in [-0.1, -0.05) is 5.57 Å². The zero-order valence-electron chi connectivity index (χ0n) is 11.3. The average Bonchev–Trinajstić information content (AvgIpc) is 2.36. The van der Waals surface area contributed by atoms with Crippen molar-refractivity contribution in [1.82, 2.24) is 0 Å². The summed E-state index contributed by atoms with van der Waals surface area (Å²) in [6.45, 7) is 5.90. The minimum absolute atomic E-state index is 0.166. The van der Waals surface area contributed by atoms with Gasteiger partial charge in [-0.2, -0.15) is 0 Å². The molecule has 0 saturated heterocycles. The van der Waals surface area contributed by atoms with Gasteiger partial charge in [-0.15, -0.1) is 18.9 Å². The van der Waals surface area contributed by atoms with Crippen LogP contribution in [0.25, 0.3) is 0 Å². The zero-order chi connectivity index (χ0) is 13.5. The van der Waals surface area contributed by atoms with E-state index in [1.807, 2.05) is 25.1 Å². The number of terminal acetylenes is 1. The van der Waals surface area contributed by atoms with Gasteiger partial charge in [0.25, 0.3) is 0 Å². The number of allylic oxidation sites excluding steroid dienone is 1. The molecule has 2 heteroatoms. The molecule has 2 nitrogen and oxygen atoms in total. The molecule has 0 aliphatic heterocycles. The lowest BCUT2D eigenvalue weighted by atomic mass is 9.94. The van der Waals surface area contributed by atoms with Crippen molar-refractivity contribution >= 4 is 0 Å². The predicted molar refractivity (Wildman–Crippen MR) is 75.0 cm³/mol. The molecule has 0 spiro atoms. The van der Waals surface area contributed by atoms with Crippen molar-refractivity contribution in [2.45, 2.75) is 19.8 Å². The van der Waals surface area contributed by atoms with E-state index in [0.717, 1.165) is 35.5 Å². The number of methoxy groups -OCH3 is 2. The summed E-state index contributed by atoms with van der Waals surface area (Å²) in [5.41, 5.74) is 2.23. The molecule has 0 aliphatic carbocycles. The van der Waals surface area contributed by atoms with Crippen molar-refractivity contribution in [3.63, 3.8) is 0 Å². The van der Waals surface area contributed by atoms with Gasteiger partial charge in [-0.3, -0.25) is 0 Å². The van der Waals surface area contributed by atoms with Crippen LogP contribution in [0.4, 0.5) is 0 Å². The molecule has 1 aromatic rings. The Morgan fingerprint density at radius 2 is 1.83 bits per heavy atom. The Balaban J connectivity index is 2.88. The summed E-state index contributed by atoms with van der Waals surface area (Å²) in [6, 6.07) is 5.84. The molecule has 0 aromatic heterocycles. The van der Waals surface area contributed by atoms with Crippen molar-refractivity contribution in [2.75, 3.05) is 14.2 Å². The Bertz CT molecular complexity index is 432. The van der Waals surface area contributed by atoms with Crippen LogP contribution in [0.3, 0.4) is 0 Å². The molecular formula is C16H20O2. The van der Waals surface area contributed by atoms with E-state index in [2.05, 4.69) is 12.5 Å². The van der Waals surface area contributed by atoms with Crippen LogP contribution in [0.2, 0.25) is 0 Å². The van der Waals surface area contributed by atoms with Crippen LogP contribution in [0.1, 0.15) is 18.9 Å².